The fourth-order valence-electron chi connectivity index (χ4n) is 2.99. The Morgan fingerprint density at radius 2 is 1.68 bits per heavy atom. The topological polar surface area (TPSA) is 42.2 Å². The van der Waals surface area contributed by atoms with Crippen LogP contribution in [0.5, 0.6) is 0 Å². The van der Waals surface area contributed by atoms with E-state index in [1.807, 2.05) is 68.7 Å². The molecule has 0 aliphatic carbocycles. The fraction of sp³-hybridized carbons (Fsp3) is 0.148. The Kier molecular flexibility index (Phi) is 10.9. The number of aromatic nitrogens is 1. The maximum atomic E-state index is 11.5. The maximum Gasteiger partial charge on any atom is 0.337 e. The average molecular weight is 436 g/mol. The van der Waals surface area contributed by atoms with Crippen LogP contribution in [0.15, 0.2) is 86.0 Å². The first-order valence-corrected chi connectivity index (χ1v) is 10.5. The SMILES string of the molecule is C=C/C=C/c1cc(-c2ccccc2)c(C)n1-c1ccc(Cl)c(C(=O)O)c1.C=CC.CC. The monoisotopic (exact) mass is 435 g/mol. The Morgan fingerprint density at radius 3 is 2.23 bits per heavy atom. The number of allylic oxidation sites excluding steroid dienone is 3. The molecule has 2 aromatic carbocycles. The number of hydrogen-bond donors (Lipinski definition) is 1. The highest BCUT2D eigenvalue weighted by Crippen LogP contribution is 2.31. The van der Waals surface area contributed by atoms with Crippen LogP contribution >= 0.6 is 11.6 Å². The van der Waals surface area contributed by atoms with Crippen LogP contribution in [0, 0.1) is 6.92 Å². The highest BCUT2D eigenvalue weighted by molar-refractivity contribution is 6.33. The number of aromatic carboxylic acids is 1. The van der Waals surface area contributed by atoms with Gasteiger partial charge in [0, 0.05) is 22.6 Å². The molecular weight excluding hydrogens is 406 g/mol. The third kappa shape index (κ3) is 6.59. The van der Waals surface area contributed by atoms with E-state index in [2.05, 4.69) is 31.4 Å². The van der Waals surface area contributed by atoms with E-state index in [9.17, 15) is 9.90 Å². The minimum Gasteiger partial charge on any atom is -0.478 e. The standard InChI is InChI=1S/C22H18ClNO2.C3H6.C2H6/c1-3-4-10-17-13-19(16-8-6-5-7-9-16)15(2)24(17)18-11-12-21(23)20(14-18)22(25)26;1-3-2;1-2/h3-14H,1H2,2H3,(H,25,26);3H,1H2,2H3;1-2H3/b10-4+;;. The predicted octanol–water partition coefficient (Wildman–Crippen LogP) is 8.22. The molecule has 0 saturated carbocycles. The van der Waals surface area contributed by atoms with Crippen molar-refractivity contribution in [3.8, 4) is 16.8 Å². The minimum atomic E-state index is -1.05. The molecule has 0 fully saturated rings. The lowest BCUT2D eigenvalue weighted by Gasteiger charge is -2.12. The summed E-state index contributed by atoms with van der Waals surface area (Å²) in [7, 11) is 0. The van der Waals surface area contributed by atoms with Gasteiger partial charge in [0.05, 0.1) is 10.6 Å². The summed E-state index contributed by atoms with van der Waals surface area (Å²) in [6.45, 7) is 15.0. The summed E-state index contributed by atoms with van der Waals surface area (Å²) in [6, 6.07) is 17.2. The second-order valence-electron chi connectivity index (χ2n) is 6.24. The second kappa shape index (κ2) is 13.1. The molecule has 4 heteroatoms. The van der Waals surface area contributed by atoms with Gasteiger partial charge in [0.2, 0.25) is 0 Å². The van der Waals surface area contributed by atoms with Crippen molar-refractivity contribution in [2.75, 3.05) is 0 Å². The van der Waals surface area contributed by atoms with E-state index in [4.69, 9.17) is 11.6 Å². The molecular formula is C27H30ClNO2. The van der Waals surface area contributed by atoms with E-state index >= 15 is 0 Å². The fourth-order valence-corrected chi connectivity index (χ4v) is 3.19. The van der Waals surface area contributed by atoms with Crippen LogP contribution in [-0.2, 0) is 0 Å². The minimum absolute atomic E-state index is 0.0807. The van der Waals surface area contributed by atoms with E-state index in [-0.39, 0.29) is 10.6 Å². The van der Waals surface area contributed by atoms with Crippen LogP contribution in [-0.4, -0.2) is 15.6 Å². The van der Waals surface area contributed by atoms with Crippen molar-refractivity contribution in [2.45, 2.75) is 27.7 Å². The molecule has 0 unspecified atom stereocenters. The van der Waals surface area contributed by atoms with Crippen molar-refractivity contribution in [3.05, 3.63) is 108 Å². The smallest absolute Gasteiger partial charge is 0.337 e. The van der Waals surface area contributed by atoms with Crippen molar-refractivity contribution in [1.29, 1.82) is 0 Å². The van der Waals surface area contributed by atoms with E-state index < -0.39 is 5.97 Å². The van der Waals surface area contributed by atoms with Crippen molar-refractivity contribution < 1.29 is 9.90 Å². The lowest BCUT2D eigenvalue weighted by molar-refractivity contribution is 0.0697. The van der Waals surface area contributed by atoms with Crippen molar-refractivity contribution in [3.63, 3.8) is 0 Å². The largest absolute Gasteiger partial charge is 0.478 e. The van der Waals surface area contributed by atoms with E-state index in [0.29, 0.717) is 0 Å². The molecule has 0 saturated heterocycles. The number of rotatable bonds is 5. The lowest BCUT2D eigenvalue weighted by atomic mass is 10.1. The zero-order valence-electron chi connectivity index (χ0n) is 18.6. The zero-order chi connectivity index (χ0) is 23.4. The molecule has 31 heavy (non-hydrogen) atoms. The Morgan fingerprint density at radius 1 is 1.06 bits per heavy atom. The normalized spacial score (nSPS) is 9.84. The molecule has 0 atom stereocenters. The van der Waals surface area contributed by atoms with Gasteiger partial charge in [0.15, 0.2) is 0 Å². The van der Waals surface area contributed by atoms with Crippen LogP contribution < -0.4 is 0 Å². The summed E-state index contributed by atoms with van der Waals surface area (Å²) < 4.78 is 2.02. The quantitative estimate of drug-likeness (QED) is 0.324. The highest BCUT2D eigenvalue weighted by atomic mass is 35.5. The molecule has 1 aromatic heterocycles. The molecule has 3 nitrogen and oxygen atoms in total. The van der Waals surface area contributed by atoms with Crippen LogP contribution in [0.3, 0.4) is 0 Å². The van der Waals surface area contributed by atoms with E-state index in [0.717, 1.165) is 28.2 Å². The second-order valence-corrected chi connectivity index (χ2v) is 6.65. The van der Waals surface area contributed by atoms with Crippen molar-refractivity contribution in [2.24, 2.45) is 0 Å². The Balaban J connectivity index is 0.000000884. The van der Waals surface area contributed by atoms with Crippen LogP contribution in [0.25, 0.3) is 22.9 Å². The predicted molar refractivity (Wildman–Crippen MR) is 134 cm³/mol. The molecule has 0 radical (unpaired) electrons. The van der Waals surface area contributed by atoms with Gasteiger partial charge in [-0.05, 0) is 49.8 Å². The molecule has 0 spiro atoms. The summed E-state index contributed by atoms with van der Waals surface area (Å²) in [4.78, 5) is 11.5. The number of carbonyl (C=O) groups is 1. The lowest BCUT2D eigenvalue weighted by Crippen LogP contribution is -2.03. The van der Waals surface area contributed by atoms with Gasteiger partial charge in [-0.3, -0.25) is 0 Å². The zero-order valence-corrected chi connectivity index (χ0v) is 19.4. The van der Waals surface area contributed by atoms with Gasteiger partial charge in [-0.25, -0.2) is 4.79 Å². The number of carboxylic acids is 1. The first kappa shape index (κ1) is 25.7. The molecule has 0 amide bonds. The molecule has 0 bridgehead atoms. The maximum absolute atomic E-state index is 11.5. The highest BCUT2D eigenvalue weighted by Gasteiger charge is 2.16. The first-order chi connectivity index (χ1) is 14.9. The molecule has 162 valence electrons. The van der Waals surface area contributed by atoms with Gasteiger partial charge in [-0.15, -0.1) is 6.58 Å². The third-order valence-corrected chi connectivity index (χ3v) is 4.53. The van der Waals surface area contributed by atoms with Gasteiger partial charge in [-0.1, -0.05) is 80.6 Å². The van der Waals surface area contributed by atoms with Gasteiger partial charge in [0.25, 0.3) is 0 Å². The Bertz CT molecular complexity index is 1050. The molecule has 3 rings (SSSR count). The number of nitrogens with zero attached hydrogens (tertiary/aromatic N) is 1. The van der Waals surface area contributed by atoms with Gasteiger partial charge >= 0.3 is 5.97 Å². The summed E-state index contributed by atoms with van der Waals surface area (Å²) in [5, 5.41) is 9.60. The summed E-state index contributed by atoms with van der Waals surface area (Å²) in [6.07, 6.45) is 7.26. The molecule has 0 aliphatic rings. The van der Waals surface area contributed by atoms with Crippen molar-refractivity contribution in [1.82, 2.24) is 4.57 Å². The van der Waals surface area contributed by atoms with E-state index in [1.54, 1.807) is 24.3 Å². The van der Waals surface area contributed by atoms with Crippen LogP contribution in [0.2, 0.25) is 5.02 Å². The molecule has 0 aliphatic heterocycles. The Hall–Kier alpha value is -3.30. The van der Waals surface area contributed by atoms with Crippen LogP contribution in [0.4, 0.5) is 0 Å². The number of halogens is 1. The van der Waals surface area contributed by atoms with Crippen LogP contribution in [0.1, 0.15) is 42.5 Å². The van der Waals surface area contributed by atoms with Gasteiger partial charge in [-0.2, -0.15) is 0 Å². The summed E-state index contributed by atoms with van der Waals surface area (Å²) >= 11 is 6.03. The molecule has 1 heterocycles. The summed E-state index contributed by atoms with van der Waals surface area (Å²) in [5.41, 5.74) is 4.96. The molecule has 3 aromatic rings. The van der Waals surface area contributed by atoms with Gasteiger partial charge < -0.3 is 9.67 Å². The number of carboxylic acid groups (broad SMARTS) is 1. The number of hydrogen-bond acceptors (Lipinski definition) is 1. The first-order valence-electron chi connectivity index (χ1n) is 10.1. The van der Waals surface area contributed by atoms with Gasteiger partial charge in [0.1, 0.15) is 0 Å². The third-order valence-electron chi connectivity index (χ3n) is 4.20. The van der Waals surface area contributed by atoms with E-state index in [1.165, 1.54) is 0 Å². The number of benzene rings is 2. The molecule has 1 N–H and O–H groups in total. The average Bonchev–Trinajstić information content (AvgIpc) is 3.11. The summed E-state index contributed by atoms with van der Waals surface area (Å²) in [5.74, 6) is -1.05. The Labute approximate surface area is 190 Å². The van der Waals surface area contributed by atoms with Crippen molar-refractivity contribution >= 4 is 23.6 Å².